The van der Waals surface area contributed by atoms with Crippen LogP contribution in [0.4, 0.5) is 5.82 Å². The molecule has 1 saturated heterocycles. The average molecular weight is 288 g/mol. The lowest BCUT2D eigenvalue weighted by atomic mass is 10.1. The Morgan fingerprint density at radius 1 is 1.38 bits per heavy atom. The third-order valence-electron chi connectivity index (χ3n) is 3.66. The van der Waals surface area contributed by atoms with Gasteiger partial charge in [0, 0.05) is 11.9 Å². The highest BCUT2D eigenvalue weighted by Gasteiger charge is 2.30. The fourth-order valence-electron chi connectivity index (χ4n) is 2.57. The van der Waals surface area contributed by atoms with Crippen LogP contribution in [0.3, 0.4) is 0 Å². The second kappa shape index (κ2) is 5.57. The highest BCUT2D eigenvalue weighted by molar-refractivity contribution is 5.83. The van der Waals surface area contributed by atoms with Crippen LogP contribution in [0.15, 0.2) is 35.1 Å². The van der Waals surface area contributed by atoms with Crippen molar-refractivity contribution in [2.45, 2.75) is 25.0 Å². The zero-order valence-electron chi connectivity index (χ0n) is 11.3. The first-order valence-electron chi connectivity index (χ1n) is 6.87. The van der Waals surface area contributed by atoms with Crippen LogP contribution in [0.1, 0.15) is 12.8 Å². The lowest BCUT2D eigenvalue weighted by molar-refractivity contribution is -0.149. The second-order valence-electron chi connectivity index (χ2n) is 5.14. The molecule has 2 aromatic rings. The maximum atomic E-state index is 11.9. The predicted molar refractivity (Wildman–Crippen MR) is 78.6 cm³/mol. The minimum Gasteiger partial charge on any atom is -0.479 e. The first-order chi connectivity index (χ1) is 10.1. The van der Waals surface area contributed by atoms with Crippen LogP contribution in [-0.4, -0.2) is 34.8 Å². The summed E-state index contributed by atoms with van der Waals surface area (Å²) < 4.78 is 5.41. The number of aromatic nitrogens is 1. The Bertz CT molecular complexity index is 725. The van der Waals surface area contributed by atoms with Gasteiger partial charge in [-0.2, -0.15) is 0 Å². The van der Waals surface area contributed by atoms with Crippen molar-refractivity contribution < 1.29 is 14.6 Å². The molecule has 6 heteroatoms. The maximum Gasteiger partial charge on any atom is 0.332 e. The first-order valence-corrected chi connectivity index (χ1v) is 6.87. The number of fused-ring (bicyclic) bond motifs is 1. The number of carboxylic acid groups (broad SMARTS) is 1. The normalized spacial score (nSPS) is 21.5. The van der Waals surface area contributed by atoms with Crippen LogP contribution in [0, 0.1) is 0 Å². The van der Waals surface area contributed by atoms with E-state index in [4.69, 9.17) is 9.84 Å². The number of ether oxygens (including phenoxy) is 1. The molecule has 1 aromatic heterocycles. The van der Waals surface area contributed by atoms with E-state index in [0.29, 0.717) is 30.6 Å². The third-order valence-corrected chi connectivity index (χ3v) is 3.66. The van der Waals surface area contributed by atoms with Crippen molar-refractivity contribution in [1.29, 1.82) is 0 Å². The van der Waals surface area contributed by atoms with Gasteiger partial charge in [-0.15, -0.1) is 0 Å². The number of rotatable bonds is 4. The number of carboxylic acids is 1. The van der Waals surface area contributed by atoms with E-state index in [1.165, 1.54) is 0 Å². The van der Waals surface area contributed by atoms with Crippen molar-refractivity contribution in [2.75, 3.05) is 11.9 Å². The van der Waals surface area contributed by atoms with Gasteiger partial charge in [-0.05, 0) is 30.4 Å². The number of aromatic amines is 1. The molecular formula is C15H16N2O4. The second-order valence-corrected chi connectivity index (χ2v) is 5.14. The molecule has 2 heterocycles. The highest BCUT2D eigenvalue weighted by atomic mass is 16.5. The van der Waals surface area contributed by atoms with Crippen molar-refractivity contribution in [2.24, 2.45) is 0 Å². The number of carbonyl (C=O) groups is 1. The summed E-state index contributed by atoms with van der Waals surface area (Å²) in [4.78, 5) is 25.5. The van der Waals surface area contributed by atoms with Gasteiger partial charge >= 0.3 is 5.97 Å². The quantitative estimate of drug-likeness (QED) is 0.794. The Kier molecular flexibility index (Phi) is 3.62. The van der Waals surface area contributed by atoms with Gasteiger partial charge in [-0.25, -0.2) is 4.79 Å². The molecule has 3 rings (SSSR count). The number of pyridine rings is 1. The van der Waals surface area contributed by atoms with E-state index >= 15 is 0 Å². The molecule has 110 valence electrons. The monoisotopic (exact) mass is 288 g/mol. The van der Waals surface area contributed by atoms with Crippen LogP contribution in [0.25, 0.3) is 10.8 Å². The fraction of sp³-hybridized carbons (Fsp3) is 0.333. The van der Waals surface area contributed by atoms with Gasteiger partial charge in [0.2, 0.25) is 0 Å². The lowest BCUT2D eigenvalue weighted by Crippen LogP contribution is -2.25. The number of H-pyrrole nitrogens is 1. The van der Waals surface area contributed by atoms with E-state index in [1.807, 2.05) is 24.3 Å². The van der Waals surface area contributed by atoms with Crippen molar-refractivity contribution in [3.05, 3.63) is 40.7 Å². The van der Waals surface area contributed by atoms with Gasteiger partial charge in [-0.3, -0.25) is 4.79 Å². The summed E-state index contributed by atoms with van der Waals surface area (Å²) in [6, 6.07) is 9.21. The summed E-state index contributed by atoms with van der Waals surface area (Å²) in [5.74, 6) is -0.308. The molecule has 1 aromatic carbocycles. The maximum absolute atomic E-state index is 11.9. The van der Waals surface area contributed by atoms with E-state index in [0.717, 1.165) is 5.39 Å². The predicted octanol–water partition coefficient (Wildman–Crippen LogP) is 1.57. The number of nitrogens with one attached hydrogen (secondary N) is 2. The Morgan fingerprint density at radius 3 is 2.95 bits per heavy atom. The summed E-state index contributed by atoms with van der Waals surface area (Å²) in [5.41, 5.74) is -0.147. The van der Waals surface area contributed by atoms with Crippen LogP contribution < -0.4 is 10.9 Å². The number of hydrogen-bond donors (Lipinski definition) is 3. The summed E-state index contributed by atoms with van der Waals surface area (Å²) in [6.07, 6.45) is 0.353. The molecule has 0 amide bonds. The van der Waals surface area contributed by atoms with E-state index in [9.17, 15) is 9.59 Å². The molecule has 2 unspecified atom stereocenters. The number of hydrogen-bond acceptors (Lipinski definition) is 4. The summed E-state index contributed by atoms with van der Waals surface area (Å²) >= 11 is 0. The SMILES string of the molecule is O=C(O)C1CCC(CNc2cc3ccccc3c(=O)[nH]2)O1. The molecule has 1 aliphatic rings. The smallest absolute Gasteiger partial charge is 0.332 e. The van der Waals surface area contributed by atoms with Gasteiger partial charge in [0.25, 0.3) is 5.56 Å². The standard InChI is InChI=1S/C15H16N2O4/c18-14-11-4-2-1-3-9(11)7-13(17-14)16-8-10-5-6-12(21-10)15(19)20/h1-4,7,10,12H,5-6,8H2,(H,19,20)(H2,16,17,18). The Balaban J connectivity index is 1.69. The Morgan fingerprint density at radius 2 is 2.19 bits per heavy atom. The zero-order valence-corrected chi connectivity index (χ0v) is 11.3. The molecule has 1 aliphatic heterocycles. The Labute approximate surface area is 120 Å². The topological polar surface area (TPSA) is 91.4 Å². The molecule has 2 atom stereocenters. The number of aliphatic carboxylic acids is 1. The van der Waals surface area contributed by atoms with Gasteiger partial charge < -0.3 is 20.1 Å². The molecule has 1 fully saturated rings. The first kappa shape index (κ1) is 13.6. The molecule has 6 nitrogen and oxygen atoms in total. The molecule has 21 heavy (non-hydrogen) atoms. The van der Waals surface area contributed by atoms with E-state index in [1.54, 1.807) is 6.07 Å². The zero-order chi connectivity index (χ0) is 14.8. The van der Waals surface area contributed by atoms with E-state index < -0.39 is 12.1 Å². The molecule has 0 bridgehead atoms. The van der Waals surface area contributed by atoms with Crippen molar-refractivity contribution in [3.63, 3.8) is 0 Å². The van der Waals surface area contributed by atoms with Gasteiger partial charge in [0.1, 0.15) is 5.82 Å². The fourth-order valence-corrected chi connectivity index (χ4v) is 2.57. The highest BCUT2D eigenvalue weighted by Crippen LogP contribution is 2.20. The third kappa shape index (κ3) is 2.90. The average Bonchev–Trinajstić information content (AvgIpc) is 2.94. The van der Waals surface area contributed by atoms with Crippen LogP contribution in [-0.2, 0) is 9.53 Å². The molecular weight excluding hydrogens is 272 g/mol. The van der Waals surface area contributed by atoms with Crippen LogP contribution >= 0.6 is 0 Å². The van der Waals surface area contributed by atoms with Crippen LogP contribution in [0.2, 0.25) is 0 Å². The summed E-state index contributed by atoms with van der Waals surface area (Å²) in [6.45, 7) is 0.470. The minimum atomic E-state index is -0.920. The minimum absolute atomic E-state index is 0.147. The van der Waals surface area contributed by atoms with Gasteiger partial charge in [0.05, 0.1) is 6.10 Å². The lowest BCUT2D eigenvalue weighted by Gasteiger charge is -2.13. The van der Waals surface area contributed by atoms with Crippen molar-refractivity contribution >= 4 is 22.6 Å². The number of benzene rings is 1. The van der Waals surface area contributed by atoms with Crippen molar-refractivity contribution in [1.82, 2.24) is 4.98 Å². The molecule has 0 aliphatic carbocycles. The van der Waals surface area contributed by atoms with Crippen molar-refractivity contribution in [3.8, 4) is 0 Å². The Hall–Kier alpha value is -2.34. The molecule has 0 saturated carbocycles. The summed E-state index contributed by atoms with van der Waals surface area (Å²) in [5, 5.41) is 13.5. The van der Waals surface area contributed by atoms with Gasteiger partial charge in [-0.1, -0.05) is 18.2 Å². The van der Waals surface area contributed by atoms with E-state index in [-0.39, 0.29) is 11.7 Å². The van der Waals surface area contributed by atoms with E-state index in [2.05, 4.69) is 10.3 Å². The molecule has 3 N–H and O–H groups in total. The van der Waals surface area contributed by atoms with Crippen LogP contribution in [0.5, 0.6) is 0 Å². The van der Waals surface area contributed by atoms with Gasteiger partial charge in [0.15, 0.2) is 6.10 Å². The molecule has 0 spiro atoms. The summed E-state index contributed by atoms with van der Waals surface area (Å²) in [7, 11) is 0. The molecule has 0 radical (unpaired) electrons. The largest absolute Gasteiger partial charge is 0.479 e. The number of anilines is 1.